The summed E-state index contributed by atoms with van der Waals surface area (Å²) in [5.41, 5.74) is 0.153. The predicted molar refractivity (Wildman–Crippen MR) is 60.8 cm³/mol. The zero-order valence-corrected chi connectivity index (χ0v) is 9.92. The summed E-state index contributed by atoms with van der Waals surface area (Å²) in [6, 6.07) is 0. The summed E-state index contributed by atoms with van der Waals surface area (Å²) in [5, 5.41) is 2.91. The first-order chi connectivity index (χ1) is 7.65. The van der Waals surface area contributed by atoms with E-state index in [2.05, 4.69) is 5.32 Å². The maximum Gasteiger partial charge on any atom is 0.222 e. The van der Waals surface area contributed by atoms with E-state index in [9.17, 15) is 9.59 Å². The molecule has 2 rings (SSSR count). The Morgan fingerprint density at radius 3 is 2.62 bits per heavy atom. The molecule has 0 aliphatic carbocycles. The molecule has 4 nitrogen and oxygen atoms in total. The molecule has 2 aliphatic rings. The lowest BCUT2D eigenvalue weighted by molar-refractivity contribution is -0.133. The van der Waals surface area contributed by atoms with Gasteiger partial charge in [0.2, 0.25) is 11.8 Å². The van der Waals surface area contributed by atoms with Gasteiger partial charge in [-0.25, -0.2) is 0 Å². The number of rotatable bonds is 2. The third-order valence-electron chi connectivity index (χ3n) is 3.84. The Hall–Kier alpha value is -1.06. The number of carbonyl (C=O) groups is 2. The fourth-order valence-corrected chi connectivity index (χ4v) is 2.71. The van der Waals surface area contributed by atoms with Gasteiger partial charge in [-0.05, 0) is 24.7 Å². The van der Waals surface area contributed by atoms with Gasteiger partial charge in [-0.15, -0.1) is 0 Å². The second kappa shape index (κ2) is 4.44. The van der Waals surface area contributed by atoms with Gasteiger partial charge in [-0.3, -0.25) is 9.59 Å². The quantitative estimate of drug-likeness (QED) is 0.758. The van der Waals surface area contributed by atoms with Crippen molar-refractivity contribution in [3.05, 3.63) is 0 Å². The molecule has 0 saturated carbocycles. The molecule has 16 heavy (non-hydrogen) atoms. The molecule has 1 spiro atoms. The molecule has 0 bridgehead atoms. The van der Waals surface area contributed by atoms with Gasteiger partial charge in [0, 0.05) is 32.5 Å². The molecular weight excluding hydrogens is 204 g/mol. The summed E-state index contributed by atoms with van der Waals surface area (Å²) in [4.78, 5) is 24.9. The normalized spacial score (nSPS) is 23.6. The second-order valence-corrected chi connectivity index (χ2v) is 5.08. The molecule has 4 heteroatoms. The third kappa shape index (κ3) is 2.20. The second-order valence-electron chi connectivity index (χ2n) is 5.08. The minimum Gasteiger partial charge on any atom is -0.356 e. The standard InChI is InChI=1S/C12H20N2O2/c1-2-3-11(16)14-6-4-12(5-7-14)8-10(15)13-9-12/h2-9H2,1H3,(H,13,15). The first-order valence-electron chi connectivity index (χ1n) is 6.20. The van der Waals surface area contributed by atoms with Gasteiger partial charge in [-0.1, -0.05) is 6.92 Å². The Balaban J connectivity index is 1.87. The van der Waals surface area contributed by atoms with Gasteiger partial charge in [-0.2, -0.15) is 0 Å². The van der Waals surface area contributed by atoms with E-state index in [1.165, 1.54) is 0 Å². The predicted octanol–water partition coefficient (Wildman–Crippen LogP) is 0.915. The third-order valence-corrected chi connectivity index (χ3v) is 3.84. The van der Waals surface area contributed by atoms with Crippen molar-refractivity contribution in [2.24, 2.45) is 5.41 Å². The van der Waals surface area contributed by atoms with Crippen LogP contribution in [0.1, 0.15) is 39.0 Å². The molecule has 0 radical (unpaired) electrons. The summed E-state index contributed by atoms with van der Waals surface area (Å²) < 4.78 is 0. The molecule has 0 aromatic heterocycles. The Kier molecular flexibility index (Phi) is 3.17. The largest absolute Gasteiger partial charge is 0.356 e. The number of nitrogens with zero attached hydrogens (tertiary/aromatic N) is 1. The van der Waals surface area contributed by atoms with Crippen molar-refractivity contribution in [1.82, 2.24) is 10.2 Å². The minimum atomic E-state index is 0.153. The van der Waals surface area contributed by atoms with E-state index < -0.39 is 0 Å². The SMILES string of the molecule is CCCC(=O)N1CCC2(CC1)CNC(=O)C2. The number of piperidine rings is 1. The van der Waals surface area contributed by atoms with Gasteiger partial charge in [0.05, 0.1) is 0 Å². The molecule has 0 unspecified atom stereocenters. The maximum atomic E-state index is 11.7. The van der Waals surface area contributed by atoms with Gasteiger partial charge in [0.15, 0.2) is 0 Å². The van der Waals surface area contributed by atoms with Crippen LogP contribution < -0.4 is 5.32 Å². The molecule has 0 atom stereocenters. The maximum absolute atomic E-state index is 11.7. The van der Waals surface area contributed by atoms with E-state index in [-0.39, 0.29) is 17.2 Å². The lowest BCUT2D eigenvalue weighted by Gasteiger charge is -2.38. The highest BCUT2D eigenvalue weighted by molar-refractivity contribution is 5.79. The first-order valence-corrected chi connectivity index (χ1v) is 6.20. The smallest absolute Gasteiger partial charge is 0.222 e. The van der Waals surface area contributed by atoms with Crippen LogP contribution in [0.4, 0.5) is 0 Å². The fraction of sp³-hybridized carbons (Fsp3) is 0.833. The lowest BCUT2D eigenvalue weighted by atomic mass is 9.77. The van der Waals surface area contributed by atoms with Gasteiger partial charge >= 0.3 is 0 Å². The van der Waals surface area contributed by atoms with Crippen LogP contribution >= 0.6 is 0 Å². The molecule has 2 aliphatic heterocycles. The van der Waals surface area contributed by atoms with E-state index in [1.807, 2.05) is 11.8 Å². The molecule has 0 aromatic rings. The average molecular weight is 224 g/mol. The highest BCUT2D eigenvalue weighted by atomic mass is 16.2. The van der Waals surface area contributed by atoms with Crippen LogP contribution in [0.3, 0.4) is 0 Å². The Morgan fingerprint density at radius 2 is 2.12 bits per heavy atom. The summed E-state index contributed by atoms with van der Waals surface area (Å²) in [7, 11) is 0. The summed E-state index contributed by atoms with van der Waals surface area (Å²) >= 11 is 0. The Labute approximate surface area is 96.4 Å². The van der Waals surface area contributed by atoms with Crippen LogP contribution in [0.5, 0.6) is 0 Å². The fourth-order valence-electron chi connectivity index (χ4n) is 2.71. The first kappa shape index (κ1) is 11.4. The number of amides is 2. The molecule has 90 valence electrons. The number of hydrogen-bond acceptors (Lipinski definition) is 2. The minimum absolute atomic E-state index is 0.153. The highest BCUT2D eigenvalue weighted by Gasteiger charge is 2.41. The van der Waals surface area contributed by atoms with Crippen LogP contribution in [0, 0.1) is 5.41 Å². The molecule has 2 heterocycles. The van der Waals surface area contributed by atoms with E-state index in [0.717, 1.165) is 38.9 Å². The van der Waals surface area contributed by atoms with Crippen molar-refractivity contribution in [1.29, 1.82) is 0 Å². The number of nitrogens with one attached hydrogen (secondary N) is 1. The zero-order valence-electron chi connectivity index (χ0n) is 9.92. The Bertz CT molecular complexity index is 293. The number of likely N-dealkylation sites (tertiary alicyclic amines) is 1. The number of carbonyl (C=O) groups excluding carboxylic acids is 2. The molecule has 2 saturated heterocycles. The zero-order chi connectivity index (χ0) is 11.6. The van der Waals surface area contributed by atoms with Crippen molar-refractivity contribution in [3.63, 3.8) is 0 Å². The summed E-state index contributed by atoms with van der Waals surface area (Å²) in [6.07, 6.45) is 4.18. The molecular formula is C12H20N2O2. The molecule has 1 N–H and O–H groups in total. The van der Waals surface area contributed by atoms with E-state index >= 15 is 0 Å². The van der Waals surface area contributed by atoms with Gasteiger partial charge < -0.3 is 10.2 Å². The lowest BCUT2D eigenvalue weighted by Crippen LogP contribution is -2.43. The van der Waals surface area contributed by atoms with Crippen LogP contribution in [0.15, 0.2) is 0 Å². The van der Waals surface area contributed by atoms with Gasteiger partial charge in [0.1, 0.15) is 0 Å². The number of hydrogen-bond donors (Lipinski definition) is 1. The highest BCUT2D eigenvalue weighted by Crippen LogP contribution is 2.37. The Morgan fingerprint density at radius 1 is 1.44 bits per heavy atom. The van der Waals surface area contributed by atoms with Crippen molar-refractivity contribution < 1.29 is 9.59 Å². The summed E-state index contributed by atoms with van der Waals surface area (Å²) in [6.45, 7) is 4.49. The molecule has 2 fully saturated rings. The molecule has 0 aromatic carbocycles. The van der Waals surface area contributed by atoms with Crippen LogP contribution in [0.2, 0.25) is 0 Å². The summed E-state index contributed by atoms with van der Waals surface area (Å²) in [5.74, 6) is 0.447. The van der Waals surface area contributed by atoms with E-state index in [1.54, 1.807) is 0 Å². The van der Waals surface area contributed by atoms with Crippen LogP contribution in [-0.4, -0.2) is 36.3 Å². The van der Waals surface area contributed by atoms with E-state index in [4.69, 9.17) is 0 Å². The van der Waals surface area contributed by atoms with Crippen molar-refractivity contribution in [2.45, 2.75) is 39.0 Å². The van der Waals surface area contributed by atoms with Crippen molar-refractivity contribution in [2.75, 3.05) is 19.6 Å². The van der Waals surface area contributed by atoms with E-state index in [0.29, 0.717) is 12.8 Å². The van der Waals surface area contributed by atoms with Crippen LogP contribution in [-0.2, 0) is 9.59 Å². The van der Waals surface area contributed by atoms with Crippen molar-refractivity contribution >= 4 is 11.8 Å². The topological polar surface area (TPSA) is 49.4 Å². The monoisotopic (exact) mass is 224 g/mol. The van der Waals surface area contributed by atoms with Crippen LogP contribution in [0.25, 0.3) is 0 Å². The van der Waals surface area contributed by atoms with Gasteiger partial charge in [0.25, 0.3) is 0 Å². The van der Waals surface area contributed by atoms with Crippen molar-refractivity contribution in [3.8, 4) is 0 Å². The average Bonchev–Trinajstić information content (AvgIpc) is 2.61. The molecule has 2 amide bonds.